The number of carbonyl (C=O) groups is 2. The number of nitrogens with one attached hydrogen (secondary N) is 1. The lowest BCUT2D eigenvalue weighted by atomic mass is 10.1. The first-order valence-electron chi connectivity index (χ1n) is 12.1. The van der Waals surface area contributed by atoms with Crippen LogP contribution in [0.2, 0.25) is 5.02 Å². The van der Waals surface area contributed by atoms with Crippen molar-refractivity contribution in [3.05, 3.63) is 58.6 Å². The average molecular weight is 592 g/mol. The van der Waals surface area contributed by atoms with Crippen molar-refractivity contribution in [1.82, 2.24) is 10.2 Å². The van der Waals surface area contributed by atoms with Gasteiger partial charge in [-0.2, -0.15) is 13.2 Å². The molecular formula is C26H33ClF3N3O5S. The lowest BCUT2D eigenvalue weighted by Gasteiger charge is -2.33. The zero-order valence-corrected chi connectivity index (χ0v) is 24.0. The van der Waals surface area contributed by atoms with Crippen molar-refractivity contribution in [3.63, 3.8) is 0 Å². The molecule has 1 unspecified atom stereocenters. The van der Waals surface area contributed by atoms with Crippen molar-refractivity contribution < 1.29 is 35.9 Å². The van der Waals surface area contributed by atoms with Gasteiger partial charge in [-0.1, -0.05) is 44.5 Å². The van der Waals surface area contributed by atoms with Gasteiger partial charge in [-0.3, -0.25) is 13.9 Å². The minimum absolute atomic E-state index is 0.0651. The molecule has 0 aliphatic rings. The van der Waals surface area contributed by atoms with Crippen molar-refractivity contribution >= 4 is 39.1 Å². The van der Waals surface area contributed by atoms with E-state index in [1.54, 1.807) is 31.2 Å². The van der Waals surface area contributed by atoms with Crippen LogP contribution in [0.5, 0.6) is 5.75 Å². The molecule has 0 heterocycles. The van der Waals surface area contributed by atoms with E-state index in [-0.39, 0.29) is 23.9 Å². The van der Waals surface area contributed by atoms with Crippen molar-refractivity contribution in [2.75, 3.05) is 30.8 Å². The molecule has 0 fully saturated rings. The zero-order valence-electron chi connectivity index (χ0n) is 22.4. The molecule has 0 aliphatic heterocycles. The molecule has 2 amide bonds. The normalized spacial score (nSPS) is 12.7. The third-order valence-electron chi connectivity index (χ3n) is 5.80. The van der Waals surface area contributed by atoms with E-state index < -0.39 is 51.9 Å². The summed E-state index contributed by atoms with van der Waals surface area (Å²) in [5.74, 6) is -0.519. The summed E-state index contributed by atoms with van der Waals surface area (Å²) in [5, 5.41) is 2.50. The SMILES string of the molecule is CCC(C(=O)NCC(C)C)N(Cc1ccc(OC)cc1)C(=O)CN(c1cc(C(F)(F)F)ccc1Cl)S(C)(=O)=O. The number of nitrogens with zero attached hydrogens (tertiary/aromatic N) is 2. The Balaban J connectivity index is 2.52. The number of anilines is 1. The maximum absolute atomic E-state index is 13.7. The van der Waals surface area contributed by atoms with E-state index in [2.05, 4.69) is 5.32 Å². The Hall–Kier alpha value is -2.99. The third-order valence-corrected chi connectivity index (χ3v) is 7.25. The molecular weight excluding hydrogens is 559 g/mol. The first-order valence-corrected chi connectivity index (χ1v) is 14.4. The molecule has 13 heteroatoms. The molecule has 8 nitrogen and oxygen atoms in total. The second-order valence-electron chi connectivity index (χ2n) is 9.37. The summed E-state index contributed by atoms with van der Waals surface area (Å²) in [6, 6.07) is 7.97. The number of sulfonamides is 1. The molecule has 0 aliphatic carbocycles. The number of methoxy groups -OCH3 is 1. The third kappa shape index (κ3) is 9.03. The Labute approximate surface area is 232 Å². The van der Waals surface area contributed by atoms with Gasteiger partial charge in [-0.15, -0.1) is 0 Å². The highest BCUT2D eigenvalue weighted by Crippen LogP contribution is 2.36. The number of amides is 2. The van der Waals surface area contributed by atoms with Crippen LogP contribution in [0.25, 0.3) is 0 Å². The number of halogens is 4. The minimum atomic E-state index is -4.77. The number of alkyl halides is 3. The fourth-order valence-electron chi connectivity index (χ4n) is 3.74. The molecule has 0 aromatic heterocycles. The second kappa shape index (κ2) is 13.4. The van der Waals surface area contributed by atoms with Crippen molar-refractivity contribution in [2.24, 2.45) is 5.92 Å². The highest BCUT2D eigenvalue weighted by Gasteiger charge is 2.35. The first kappa shape index (κ1) is 32.2. The fraction of sp³-hybridized carbons (Fsp3) is 0.462. The number of hydrogen-bond donors (Lipinski definition) is 1. The topological polar surface area (TPSA) is 96.0 Å². The van der Waals surface area contributed by atoms with Gasteiger partial charge < -0.3 is 15.0 Å². The highest BCUT2D eigenvalue weighted by molar-refractivity contribution is 7.92. The van der Waals surface area contributed by atoms with E-state index in [9.17, 15) is 31.2 Å². The van der Waals surface area contributed by atoms with E-state index in [1.165, 1.54) is 12.0 Å². The molecule has 2 aromatic carbocycles. The van der Waals surface area contributed by atoms with Crippen LogP contribution in [0.15, 0.2) is 42.5 Å². The summed E-state index contributed by atoms with van der Waals surface area (Å²) in [4.78, 5) is 28.0. The van der Waals surface area contributed by atoms with Gasteiger partial charge in [-0.05, 0) is 48.2 Å². The van der Waals surface area contributed by atoms with Gasteiger partial charge >= 0.3 is 6.18 Å². The van der Waals surface area contributed by atoms with Crippen LogP contribution < -0.4 is 14.4 Å². The van der Waals surface area contributed by atoms with Crippen molar-refractivity contribution in [3.8, 4) is 5.75 Å². The zero-order chi connectivity index (χ0) is 29.5. The molecule has 1 atom stereocenters. The molecule has 216 valence electrons. The van der Waals surface area contributed by atoms with Crippen LogP contribution in [0.1, 0.15) is 38.3 Å². The number of carbonyl (C=O) groups excluding carboxylic acids is 2. The molecule has 0 saturated carbocycles. The standard InChI is InChI=1S/C26H33ClF3N3O5S/c1-6-22(25(35)31-14-17(2)3)32(15-18-7-10-20(38-4)11-8-18)24(34)16-33(39(5,36)37)23-13-19(26(28,29)30)9-12-21(23)27/h7-13,17,22H,6,14-16H2,1-5H3,(H,31,35). The number of ether oxygens (including phenoxy) is 1. The van der Waals surface area contributed by atoms with Gasteiger partial charge in [0.25, 0.3) is 0 Å². The van der Waals surface area contributed by atoms with Crippen LogP contribution >= 0.6 is 11.6 Å². The van der Waals surface area contributed by atoms with Crippen LogP contribution in [0, 0.1) is 5.92 Å². The van der Waals surface area contributed by atoms with Crippen molar-refractivity contribution in [2.45, 2.75) is 46.0 Å². The van der Waals surface area contributed by atoms with Crippen LogP contribution in [-0.4, -0.2) is 57.6 Å². The van der Waals surface area contributed by atoms with Gasteiger partial charge in [0.15, 0.2) is 0 Å². The maximum atomic E-state index is 13.7. The summed E-state index contributed by atoms with van der Waals surface area (Å²) in [7, 11) is -2.77. The number of benzene rings is 2. The van der Waals surface area contributed by atoms with E-state index in [0.717, 1.165) is 18.4 Å². The van der Waals surface area contributed by atoms with Crippen LogP contribution in [0.3, 0.4) is 0 Å². The molecule has 1 N–H and O–H groups in total. The average Bonchev–Trinajstić information content (AvgIpc) is 2.85. The summed E-state index contributed by atoms with van der Waals surface area (Å²) >= 11 is 6.11. The largest absolute Gasteiger partial charge is 0.497 e. The summed E-state index contributed by atoms with van der Waals surface area (Å²) < 4.78 is 71.2. The van der Waals surface area contributed by atoms with Gasteiger partial charge in [0.2, 0.25) is 21.8 Å². The quantitative estimate of drug-likeness (QED) is 0.386. The fourth-order valence-corrected chi connectivity index (χ4v) is 4.87. The number of rotatable bonds is 12. The van der Waals surface area contributed by atoms with Gasteiger partial charge in [-0.25, -0.2) is 8.42 Å². The summed E-state index contributed by atoms with van der Waals surface area (Å²) in [6.45, 7) is 4.93. The monoisotopic (exact) mass is 591 g/mol. The van der Waals surface area contributed by atoms with Crippen molar-refractivity contribution in [1.29, 1.82) is 0 Å². The Morgan fingerprint density at radius 1 is 1.10 bits per heavy atom. The van der Waals surface area contributed by atoms with E-state index >= 15 is 0 Å². The van der Waals surface area contributed by atoms with E-state index in [1.807, 2.05) is 13.8 Å². The molecule has 0 spiro atoms. The Morgan fingerprint density at radius 2 is 1.72 bits per heavy atom. The molecule has 2 rings (SSSR count). The lowest BCUT2D eigenvalue weighted by molar-refractivity contribution is -0.140. The Kier molecular flexibility index (Phi) is 11.1. The second-order valence-corrected chi connectivity index (χ2v) is 11.7. The Morgan fingerprint density at radius 3 is 2.21 bits per heavy atom. The lowest BCUT2D eigenvalue weighted by Crippen LogP contribution is -2.52. The minimum Gasteiger partial charge on any atom is -0.497 e. The van der Waals surface area contributed by atoms with Gasteiger partial charge in [0.1, 0.15) is 18.3 Å². The maximum Gasteiger partial charge on any atom is 0.416 e. The predicted octanol–water partition coefficient (Wildman–Crippen LogP) is 4.71. The van der Waals surface area contributed by atoms with Crippen LogP contribution in [-0.2, 0) is 32.3 Å². The molecule has 0 saturated heterocycles. The van der Waals surface area contributed by atoms with E-state index in [0.29, 0.717) is 28.2 Å². The van der Waals surface area contributed by atoms with Crippen LogP contribution in [0.4, 0.5) is 18.9 Å². The molecule has 39 heavy (non-hydrogen) atoms. The summed E-state index contributed by atoms with van der Waals surface area (Å²) in [5.41, 5.74) is -0.996. The number of hydrogen-bond acceptors (Lipinski definition) is 5. The molecule has 0 radical (unpaired) electrons. The highest BCUT2D eigenvalue weighted by atomic mass is 35.5. The predicted molar refractivity (Wildman–Crippen MR) is 144 cm³/mol. The van der Waals surface area contributed by atoms with Gasteiger partial charge in [0.05, 0.1) is 29.6 Å². The van der Waals surface area contributed by atoms with Gasteiger partial charge in [0, 0.05) is 13.1 Å². The summed E-state index contributed by atoms with van der Waals surface area (Å²) in [6.07, 6.45) is -3.80. The Bertz CT molecular complexity index is 1250. The smallest absolute Gasteiger partial charge is 0.416 e. The van der Waals surface area contributed by atoms with E-state index in [4.69, 9.17) is 16.3 Å². The molecule has 2 aromatic rings. The molecule has 0 bridgehead atoms. The first-order chi connectivity index (χ1) is 18.1.